The van der Waals surface area contributed by atoms with Crippen molar-refractivity contribution in [2.75, 3.05) is 23.8 Å². The second-order valence-electron chi connectivity index (χ2n) is 10.8. The lowest BCUT2D eigenvalue weighted by Crippen LogP contribution is -2.38. The van der Waals surface area contributed by atoms with Gasteiger partial charge < -0.3 is 20.3 Å². The van der Waals surface area contributed by atoms with Crippen molar-refractivity contribution >= 4 is 46.1 Å². The van der Waals surface area contributed by atoms with Crippen molar-refractivity contribution in [3.05, 3.63) is 99.7 Å². The maximum absolute atomic E-state index is 13.0. The summed E-state index contributed by atoms with van der Waals surface area (Å²) in [4.78, 5) is 43.1. The van der Waals surface area contributed by atoms with Gasteiger partial charge >= 0.3 is 0 Å². The average Bonchev–Trinajstić information content (AvgIpc) is 2.95. The first-order valence-corrected chi connectivity index (χ1v) is 14.1. The molecular weight excluding hydrogens is 540 g/mol. The van der Waals surface area contributed by atoms with E-state index in [4.69, 9.17) is 9.72 Å². The van der Waals surface area contributed by atoms with Gasteiger partial charge in [-0.15, -0.1) is 0 Å². The number of amides is 3. The first kappa shape index (κ1) is 31.0. The fourth-order valence-corrected chi connectivity index (χ4v) is 5.05. The van der Waals surface area contributed by atoms with E-state index in [0.717, 1.165) is 61.4 Å². The first-order valence-electron chi connectivity index (χ1n) is 14.1. The lowest BCUT2D eigenvalue weighted by molar-refractivity contribution is -0.122. The zero-order chi connectivity index (χ0) is 31.3. The number of hydrogen-bond acceptors (Lipinski definition) is 5. The van der Waals surface area contributed by atoms with Crippen molar-refractivity contribution in [3.63, 3.8) is 0 Å². The van der Waals surface area contributed by atoms with Crippen LogP contribution in [0.25, 0.3) is 17.0 Å². The molecule has 222 valence electrons. The number of hydrogen-bond donors (Lipinski definition) is 2. The van der Waals surface area contributed by atoms with E-state index in [9.17, 15) is 14.4 Å². The number of carbonyl (C=O) groups is 3. The van der Waals surface area contributed by atoms with Crippen LogP contribution in [0.5, 0.6) is 5.75 Å². The van der Waals surface area contributed by atoms with Crippen LogP contribution in [0.3, 0.4) is 0 Å². The lowest BCUT2D eigenvalue weighted by atomic mass is 10.0. The molecule has 1 heterocycles. The summed E-state index contributed by atoms with van der Waals surface area (Å²) in [5.74, 6) is -0.0589. The fraction of sp³-hybridized carbons (Fsp3) is 0.257. The predicted molar refractivity (Wildman–Crippen MR) is 172 cm³/mol. The SMILES string of the molecule is CC(=O)Nc1ccc(/C=C/C(=O)NCC(=O)N(C)c2ccc(C)c(COc3cccc4c(C)cc(C)nc34)c2C)cc1C. The number of nitrogens with one attached hydrogen (secondary N) is 2. The highest BCUT2D eigenvalue weighted by molar-refractivity contribution is 5.99. The minimum atomic E-state index is -0.380. The third-order valence-electron chi connectivity index (χ3n) is 7.45. The number of anilines is 2. The summed E-state index contributed by atoms with van der Waals surface area (Å²) in [6.07, 6.45) is 3.05. The molecule has 0 bridgehead atoms. The van der Waals surface area contributed by atoms with Gasteiger partial charge in [-0.2, -0.15) is 0 Å². The molecule has 4 rings (SSSR count). The molecule has 8 heteroatoms. The van der Waals surface area contributed by atoms with E-state index < -0.39 is 0 Å². The van der Waals surface area contributed by atoms with Crippen LogP contribution in [0.2, 0.25) is 0 Å². The molecule has 0 saturated carbocycles. The minimum absolute atomic E-state index is 0.144. The minimum Gasteiger partial charge on any atom is -0.487 e. The molecule has 3 amide bonds. The molecular formula is C35H38N4O4. The molecule has 0 radical (unpaired) electrons. The zero-order valence-corrected chi connectivity index (χ0v) is 25.8. The largest absolute Gasteiger partial charge is 0.487 e. The smallest absolute Gasteiger partial charge is 0.246 e. The number of aryl methyl sites for hydroxylation is 4. The highest BCUT2D eigenvalue weighted by Crippen LogP contribution is 2.30. The molecule has 0 atom stereocenters. The summed E-state index contributed by atoms with van der Waals surface area (Å²) in [5.41, 5.74) is 9.05. The maximum atomic E-state index is 13.0. The van der Waals surface area contributed by atoms with E-state index in [2.05, 4.69) is 23.6 Å². The number of rotatable bonds is 9. The molecule has 0 unspecified atom stereocenters. The second-order valence-corrected chi connectivity index (χ2v) is 10.8. The van der Waals surface area contributed by atoms with Gasteiger partial charge in [0.2, 0.25) is 17.7 Å². The van der Waals surface area contributed by atoms with Crippen molar-refractivity contribution in [1.29, 1.82) is 0 Å². The maximum Gasteiger partial charge on any atom is 0.246 e. The number of pyridine rings is 1. The molecule has 0 aliphatic carbocycles. The molecule has 3 aromatic carbocycles. The number of carbonyl (C=O) groups excluding carboxylic acids is 3. The summed E-state index contributed by atoms with van der Waals surface area (Å²) in [6, 6.07) is 17.4. The number of benzene rings is 3. The van der Waals surface area contributed by atoms with Crippen LogP contribution in [0.1, 0.15) is 46.0 Å². The van der Waals surface area contributed by atoms with E-state index in [1.165, 1.54) is 13.0 Å². The summed E-state index contributed by atoms with van der Waals surface area (Å²) < 4.78 is 6.30. The number of aromatic nitrogens is 1. The number of nitrogens with zero attached hydrogens (tertiary/aromatic N) is 2. The topological polar surface area (TPSA) is 101 Å². The number of fused-ring (bicyclic) bond motifs is 1. The average molecular weight is 579 g/mol. The fourth-order valence-electron chi connectivity index (χ4n) is 5.05. The third kappa shape index (κ3) is 7.46. The molecule has 0 saturated heterocycles. The van der Waals surface area contributed by atoms with Crippen LogP contribution in [0.4, 0.5) is 11.4 Å². The summed E-state index contributed by atoms with van der Waals surface area (Å²) in [5, 5.41) is 6.49. The van der Waals surface area contributed by atoms with Gasteiger partial charge in [-0.1, -0.05) is 24.3 Å². The lowest BCUT2D eigenvalue weighted by Gasteiger charge is -2.23. The molecule has 43 heavy (non-hydrogen) atoms. The number of likely N-dealkylation sites (N-methyl/N-ethyl adjacent to an activating group) is 1. The first-order chi connectivity index (χ1) is 20.4. The van der Waals surface area contributed by atoms with Crippen molar-refractivity contribution in [1.82, 2.24) is 10.3 Å². The molecule has 1 aromatic heterocycles. The highest BCUT2D eigenvalue weighted by Gasteiger charge is 2.17. The van der Waals surface area contributed by atoms with Gasteiger partial charge in [0.15, 0.2) is 0 Å². The molecule has 2 N–H and O–H groups in total. The van der Waals surface area contributed by atoms with E-state index in [0.29, 0.717) is 12.4 Å². The van der Waals surface area contributed by atoms with Gasteiger partial charge in [-0.05, 0) is 104 Å². The number of ether oxygens (including phenoxy) is 1. The van der Waals surface area contributed by atoms with Gasteiger partial charge in [0.05, 0.1) is 6.54 Å². The summed E-state index contributed by atoms with van der Waals surface area (Å²) in [6.45, 7) is 11.5. The van der Waals surface area contributed by atoms with E-state index >= 15 is 0 Å². The standard InChI is InChI=1S/C35H38N4O4/c1-21-11-15-31(25(5)29(21)20-43-32-10-8-9-28-22(2)17-24(4)37-35(28)32)39(7)34(42)19-36-33(41)16-13-27-12-14-30(23(3)18-27)38-26(6)40/h8-18H,19-20H2,1-7H3,(H,36,41)(H,38,40)/b16-13+. The Hall–Kier alpha value is -4.98. The Morgan fingerprint density at radius 3 is 2.42 bits per heavy atom. The third-order valence-corrected chi connectivity index (χ3v) is 7.45. The normalized spacial score (nSPS) is 11.0. The molecule has 0 aliphatic heterocycles. The van der Waals surface area contributed by atoms with Crippen LogP contribution in [-0.4, -0.2) is 36.3 Å². The predicted octanol–water partition coefficient (Wildman–Crippen LogP) is 6.11. The van der Waals surface area contributed by atoms with E-state index in [-0.39, 0.29) is 24.3 Å². The van der Waals surface area contributed by atoms with Gasteiger partial charge in [0.1, 0.15) is 17.9 Å². The van der Waals surface area contributed by atoms with Gasteiger partial charge in [0.25, 0.3) is 0 Å². The van der Waals surface area contributed by atoms with Crippen molar-refractivity contribution in [2.45, 2.75) is 48.1 Å². The Kier molecular flexibility index (Phi) is 9.60. The monoisotopic (exact) mass is 578 g/mol. The summed E-state index contributed by atoms with van der Waals surface area (Å²) in [7, 11) is 1.70. The van der Waals surface area contributed by atoms with Crippen LogP contribution < -0.4 is 20.3 Å². The quantitative estimate of drug-likeness (QED) is 0.234. The van der Waals surface area contributed by atoms with Crippen molar-refractivity contribution < 1.29 is 19.1 Å². The molecule has 0 aliphatic rings. The van der Waals surface area contributed by atoms with Crippen LogP contribution in [-0.2, 0) is 21.0 Å². The van der Waals surface area contributed by atoms with Gasteiger partial charge in [-0.25, -0.2) is 4.98 Å². The molecule has 0 fully saturated rings. The Morgan fingerprint density at radius 1 is 0.930 bits per heavy atom. The molecule has 4 aromatic rings. The zero-order valence-electron chi connectivity index (χ0n) is 25.8. The Labute approximate surface area is 252 Å². The number of para-hydroxylation sites is 1. The Balaban J connectivity index is 1.40. The van der Waals surface area contributed by atoms with Gasteiger partial charge in [-0.3, -0.25) is 14.4 Å². The Bertz CT molecular complexity index is 1740. The van der Waals surface area contributed by atoms with Crippen LogP contribution >= 0.6 is 0 Å². The van der Waals surface area contributed by atoms with Crippen LogP contribution in [0.15, 0.2) is 60.7 Å². The Morgan fingerprint density at radius 2 is 1.70 bits per heavy atom. The highest BCUT2D eigenvalue weighted by atomic mass is 16.5. The van der Waals surface area contributed by atoms with Gasteiger partial charge in [0, 0.05) is 42.5 Å². The van der Waals surface area contributed by atoms with Crippen LogP contribution in [0, 0.1) is 34.6 Å². The molecule has 0 spiro atoms. The summed E-state index contributed by atoms with van der Waals surface area (Å²) >= 11 is 0. The molecule has 8 nitrogen and oxygen atoms in total. The second kappa shape index (κ2) is 13.3. The van der Waals surface area contributed by atoms with Crippen molar-refractivity contribution in [2.24, 2.45) is 0 Å². The van der Waals surface area contributed by atoms with E-state index in [1.807, 2.05) is 64.1 Å². The van der Waals surface area contributed by atoms with Crippen molar-refractivity contribution in [3.8, 4) is 5.75 Å². The van der Waals surface area contributed by atoms with E-state index in [1.54, 1.807) is 30.2 Å².